The lowest BCUT2D eigenvalue weighted by atomic mass is 10.1. The van der Waals surface area contributed by atoms with Crippen LogP contribution >= 0.6 is 23.4 Å². The highest BCUT2D eigenvalue weighted by Gasteiger charge is 2.10. The molecule has 0 fully saturated rings. The summed E-state index contributed by atoms with van der Waals surface area (Å²) in [6.07, 6.45) is 1.75. The van der Waals surface area contributed by atoms with Crippen molar-refractivity contribution >= 4 is 29.1 Å². The first-order valence-corrected chi connectivity index (χ1v) is 8.80. The summed E-state index contributed by atoms with van der Waals surface area (Å²) in [6.45, 7) is 0. The van der Waals surface area contributed by atoms with E-state index in [0.29, 0.717) is 16.0 Å². The normalized spacial score (nSPS) is 11.0. The molecule has 0 saturated carbocycles. The maximum atomic E-state index is 5.97. The second kappa shape index (κ2) is 6.63. The van der Waals surface area contributed by atoms with Crippen molar-refractivity contribution in [2.45, 2.75) is 10.9 Å². The summed E-state index contributed by atoms with van der Waals surface area (Å²) >= 11 is 7.57. The molecule has 2 aromatic carbocycles. The lowest BCUT2D eigenvalue weighted by Crippen LogP contribution is -1.95. The van der Waals surface area contributed by atoms with Crippen LogP contribution in [-0.4, -0.2) is 19.6 Å². The number of fused-ring (bicyclic) bond motifs is 1. The number of aromatic nitrogens is 4. The molecule has 6 heteroatoms. The molecule has 24 heavy (non-hydrogen) atoms. The topological polar surface area (TPSA) is 43.1 Å². The van der Waals surface area contributed by atoms with Crippen molar-refractivity contribution in [3.63, 3.8) is 0 Å². The Morgan fingerprint density at radius 2 is 1.75 bits per heavy atom. The van der Waals surface area contributed by atoms with E-state index in [-0.39, 0.29) is 0 Å². The van der Waals surface area contributed by atoms with Gasteiger partial charge in [0.1, 0.15) is 0 Å². The summed E-state index contributed by atoms with van der Waals surface area (Å²) in [5, 5.41) is 6.03. The second-order valence-corrected chi connectivity index (χ2v) is 6.60. The average molecular weight is 353 g/mol. The first-order valence-electron chi connectivity index (χ1n) is 7.44. The van der Waals surface area contributed by atoms with Crippen LogP contribution < -0.4 is 0 Å². The van der Waals surface area contributed by atoms with E-state index in [1.54, 1.807) is 22.5 Å². The second-order valence-electron chi connectivity index (χ2n) is 5.22. The highest BCUT2D eigenvalue weighted by molar-refractivity contribution is 7.98. The fourth-order valence-corrected chi connectivity index (χ4v) is 3.30. The summed E-state index contributed by atoms with van der Waals surface area (Å²) in [6, 6.07) is 19.9. The smallest absolute Gasteiger partial charge is 0.220 e. The maximum absolute atomic E-state index is 5.97. The minimum atomic E-state index is 0.595. The molecule has 0 bridgehead atoms. The lowest BCUT2D eigenvalue weighted by molar-refractivity contribution is 0.886. The summed E-state index contributed by atoms with van der Waals surface area (Å²) in [4.78, 5) is 8.82. The van der Waals surface area contributed by atoms with Crippen LogP contribution in [0.25, 0.3) is 17.0 Å². The van der Waals surface area contributed by atoms with Gasteiger partial charge in [-0.05, 0) is 23.8 Å². The number of halogens is 1. The molecule has 0 unspecified atom stereocenters. The van der Waals surface area contributed by atoms with Crippen LogP contribution in [0.4, 0.5) is 0 Å². The fourth-order valence-electron chi connectivity index (χ4n) is 2.40. The third-order valence-electron chi connectivity index (χ3n) is 3.57. The van der Waals surface area contributed by atoms with E-state index < -0.39 is 0 Å². The van der Waals surface area contributed by atoms with Crippen molar-refractivity contribution in [2.75, 3.05) is 0 Å². The number of rotatable bonds is 4. The molecule has 4 nitrogen and oxygen atoms in total. The lowest BCUT2D eigenvalue weighted by Gasteiger charge is -2.03. The third kappa shape index (κ3) is 3.13. The molecule has 2 aromatic heterocycles. The Morgan fingerprint density at radius 3 is 2.54 bits per heavy atom. The largest absolute Gasteiger partial charge is 0.253 e. The summed E-state index contributed by atoms with van der Waals surface area (Å²) in [5.41, 5.74) is 3.21. The third-order valence-corrected chi connectivity index (χ3v) is 4.73. The minimum absolute atomic E-state index is 0.595. The predicted octanol–water partition coefficient (Wildman–Crippen LogP) is 4.74. The van der Waals surface area contributed by atoms with Crippen LogP contribution in [-0.2, 0) is 5.75 Å². The van der Waals surface area contributed by atoms with E-state index >= 15 is 0 Å². The molecule has 0 aliphatic heterocycles. The highest BCUT2D eigenvalue weighted by atomic mass is 35.5. The van der Waals surface area contributed by atoms with E-state index in [1.807, 2.05) is 48.5 Å². The summed E-state index contributed by atoms with van der Waals surface area (Å²) in [7, 11) is 0. The molecule has 0 spiro atoms. The van der Waals surface area contributed by atoms with Gasteiger partial charge in [-0.1, -0.05) is 65.8 Å². The van der Waals surface area contributed by atoms with Crippen molar-refractivity contribution in [1.82, 2.24) is 19.6 Å². The van der Waals surface area contributed by atoms with Crippen molar-refractivity contribution in [1.29, 1.82) is 0 Å². The molecule has 4 aromatic rings. The SMILES string of the molecule is Clc1ccc(-c2ccnc3nc(SCc4ccccc4)nn23)cc1. The summed E-state index contributed by atoms with van der Waals surface area (Å²) < 4.78 is 1.77. The predicted molar refractivity (Wildman–Crippen MR) is 97.2 cm³/mol. The molecule has 118 valence electrons. The maximum Gasteiger partial charge on any atom is 0.253 e. The first kappa shape index (κ1) is 15.2. The Bertz CT molecular complexity index is 967. The molecular formula is C18H13ClN4S. The molecule has 0 atom stereocenters. The Labute approximate surface area is 148 Å². The van der Waals surface area contributed by atoms with Crippen molar-refractivity contribution in [3.05, 3.63) is 77.4 Å². The molecule has 4 rings (SSSR count). The van der Waals surface area contributed by atoms with Crippen LogP contribution in [0.2, 0.25) is 5.02 Å². The highest BCUT2D eigenvalue weighted by Crippen LogP contribution is 2.24. The van der Waals surface area contributed by atoms with Gasteiger partial charge in [-0.3, -0.25) is 0 Å². The zero-order valence-electron chi connectivity index (χ0n) is 12.6. The number of thioether (sulfide) groups is 1. The molecule has 0 radical (unpaired) electrons. The molecule has 2 heterocycles. The average Bonchev–Trinajstić information content (AvgIpc) is 3.05. The molecular weight excluding hydrogens is 340 g/mol. The number of benzene rings is 2. The first-order chi connectivity index (χ1) is 11.8. The molecule has 0 N–H and O–H groups in total. The van der Waals surface area contributed by atoms with Gasteiger partial charge in [-0.15, -0.1) is 5.10 Å². The van der Waals surface area contributed by atoms with Crippen LogP contribution in [0.3, 0.4) is 0 Å². The Kier molecular flexibility index (Phi) is 4.19. The molecule has 0 saturated heterocycles. The van der Waals surface area contributed by atoms with Crippen molar-refractivity contribution in [3.8, 4) is 11.3 Å². The molecule has 0 aliphatic carbocycles. The van der Waals surface area contributed by atoms with Gasteiger partial charge in [0.05, 0.1) is 5.69 Å². The van der Waals surface area contributed by atoms with E-state index in [2.05, 4.69) is 27.2 Å². The Balaban J connectivity index is 1.65. The van der Waals surface area contributed by atoms with Crippen LogP contribution in [0.5, 0.6) is 0 Å². The number of nitrogens with zero attached hydrogens (tertiary/aromatic N) is 4. The Morgan fingerprint density at radius 1 is 0.958 bits per heavy atom. The van der Waals surface area contributed by atoms with Gasteiger partial charge in [0.15, 0.2) is 0 Å². The van der Waals surface area contributed by atoms with E-state index in [1.165, 1.54) is 5.56 Å². The van der Waals surface area contributed by atoms with Gasteiger partial charge in [-0.25, -0.2) is 4.98 Å². The summed E-state index contributed by atoms with van der Waals surface area (Å²) in [5.74, 6) is 1.42. The molecule has 0 amide bonds. The van der Waals surface area contributed by atoms with E-state index in [4.69, 9.17) is 11.6 Å². The van der Waals surface area contributed by atoms with E-state index in [0.717, 1.165) is 17.0 Å². The Hall–Kier alpha value is -2.37. The van der Waals surface area contributed by atoms with Crippen LogP contribution in [0.15, 0.2) is 72.0 Å². The number of hydrogen-bond acceptors (Lipinski definition) is 4. The van der Waals surface area contributed by atoms with E-state index in [9.17, 15) is 0 Å². The monoisotopic (exact) mass is 352 g/mol. The van der Waals surface area contributed by atoms with Gasteiger partial charge in [0.2, 0.25) is 5.16 Å². The fraction of sp³-hybridized carbons (Fsp3) is 0.0556. The van der Waals surface area contributed by atoms with Gasteiger partial charge in [0.25, 0.3) is 5.78 Å². The van der Waals surface area contributed by atoms with Crippen molar-refractivity contribution < 1.29 is 0 Å². The van der Waals surface area contributed by atoms with Gasteiger partial charge in [0, 0.05) is 22.5 Å². The van der Waals surface area contributed by atoms with Gasteiger partial charge in [-0.2, -0.15) is 9.50 Å². The zero-order chi connectivity index (χ0) is 16.4. The zero-order valence-corrected chi connectivity index (χ0v) is 14.2. The molecule has 0 aliphatic rings. The van der Waals surface area contributed by atoms with Gasteiger partial charge >= 0.3 is 0 Å². The van der Waals surface area contributed by atoms with Crippen LogP contribution in [0.1, 0.15) is 5.56 Å². The minimum Gasteiger partial charge on any atom is -0.220 e. The quantitative estimate of drug-likeness (QED) is 0.498. The van der Waals surface area contributed by atoms with Crippen molar-refractivity contribution in [2.24, 2.45) is 0 Å². The number of hydrogen-bond donors (Lipinski definition) is 0. The van der Waals surface area contributed by atoms with Crippen LogP contribution in [0, 0.1) is 0 Å². The van der Waals surface area contributed by atoms with Gasteiger partial charge < -0.3 is 0 Å². The standard InChI is InChI=1S/C18H13ClN4S/c19-15-8-6-14(7-9-15)16-10-11-20-17-21-18(22-23(16)17)24-12-13-4-2-1-3-5-13/h1-11H,12H2.